The summed E-state index contributed by atoms with van der Waals surface area (Å²) in [6, 6.07) is 4.51. The second kappa shape index (κ2) is 18.3. The van der Waals surface area contributed by atoms with Crippen molar-refractivity contribution < 1.29 is 19.1 Å². The first-order valence-corrected chi connectivity index (χ1v) is 12.4. The van der Waals surface area contributed by atoms with E-state index in [1.54, 1.807) is 25.3 Å². The Morgan fingerprint density at radius 1 is 0.719 bits per heavy atom. The van der Waals surface area contributed by atoms with Crippen molar-refractivity contribution in [2.24, 2.45) is 0 Å². The van der Waals surface area contributed by atoms with Crippen LogP contribution in [0.5, 0.6) is 11.5 Å². The van der Waals surface area contributed by atoms with Crippen molar-refractivity contribution in [3.63, 3.8) is 0 Å². The highest BCUT2D eigenvalue weighted by Gasteiger charge is 2.10. The molecule has 0 saturated carbocycles. The molecule has 0 spiro atoms. The molecule has 0 heterocycles. The molecule has 0 fully saturated rings. The van der Waals surface area contributed by atoms with Gasteiger partial charge in [-0.25, -0.2) is 4.79 Å². The van der Waals surface area contributed by atoms with Gasteiger partial charge < -0.3 is 14.8 Å². The summed E-state index contributed by atoms with van der Waals surface area (Å²) in [5.74, 6) is 0.841. The van der Waals surface area contributed by atoms with Crippen LogP contribution in [0.4, 0.5) is 10.5 Å². The third kappa shape index (κ3) is 13.2. The SMILES string of the molecule is CCCCCCCCCCCCCCCCC(=O)NC(=O)Nc1ccc(OC)c(OC)c1. The third-order valence-corrected chi connectivity index (χ3v) is 5.65. The van der Waals surface area contributed by atoms with Crippen molar-refractivity contribution >= 4 is 17.6 Å². The second-order valence-electron chi connectivity index (χ2n) is 8.42. The quantitative estimate of drug-likeness (QED) is 0.232. The van der Waals surface area contributed by atoms with E-state index in [0.717, 1.165) is 19.3 Å². The van der Waals surface area contributed by atoms with E-state index in [-0.39, 0.29) is 5.91 Å². The van der Waals surface area contributed by atoms with Crippen LogP contribution in [-0.2, 0) is 4.79 Å². The van der Waals surface area contributed by atoms with Crippen molar-refractivity contribution in [3.05, 3.63) is 18.2 Å². The maximum Gasteiger partial charge on any atom is 0.325 e. The number of urea groups is 1. The lowest BCUT2D eigenvalue weighted by Crippen LogP contribution is -2.34. The number of imide groups is 1. The van der Waals surface area contributed by atoms with Gasteiger partial charge in [-0.3, -0.25) is 10.1 Å². The number of ether oxygens (including phenoxy) is 2. The Bertz CT molecular complexity index is 649. The van der Waals surface area contributed by atoms with Crippen LogP contribution >= 0.6 is 0 Å². The number of anilines is 1. The zero-order valence-corrected chi connectivity index (χ0v) is 20.5. The number of benzene rings is 1. The smallest absolute Gasteiger partial charge is 0.325 e. The van der Waals surface area contributed by atoms with E-state index < -0.39 is 6.03 Å². The number of hydrogen-bond donors (Lipinski definition) is 2. The molecule has 3 amide bonds. The molecule has 0 aromatic heterocycles. The second-order valence-corrected chi connectivity index (χ2v) is 8.42. The van der Waals surface area contributed by atoms with E-state index in [9.17, 15) is 9.59 Å². The van der Waals surface area contributed by atoms with Crippen LogP contribution in [-0.4, -0.2) is 26.2 Å². The first-order valence-electron chi connectivity index (χ1n) is 12.4. The van der Waals surface area contributed by atoms with E-state index in [4.69, 9.17) is 9.47 Å². The van der Waals surface area contributed by atoms with Gasteiger partial charge in [-0.15, -0.1) is 0 Å². The Balaban J connectivity index is 2.01. The van der Waals surface area contributed by atoms with Crippen molar-refractivity contribution in [3.8, 4) is 11.5 Å². The fraction of sp³-hybridized carbons (Fsp3) is 0.692. The average Bonchev–Trinajstić information content (AvgIpc) is 2.79. The maximum atomic E-state index is 12.0. The third-order valence-electron chi connectivity index (χ3n) is 5.65. The predicted molar refractivity (Wildman–Crippen MR) is 132 cm³/mol. The van der Waals surface area contributed by atoms with Gasteiger partial charge in [0, 0.05) is 18.2 Å². The number of rotatable bonds is 18. The van der Waals surface area contributed by atoms with Gasteiger partial charge in [-0.05, 0) is 18.6 Å². The molecule has 0 atom stereocenters. The summed E-state index contributed by atoms with van der Waals surface area (Å²) in [4.78, 5) is 24.0. The van der Waals surface area contributed by atoms with Gasteiger partial charge in [0.05, 0.1) is 14.2 Å². The monoisotopic (exact) mass is 448 g/mol. The highest BCUT2D eigenvalue weighted by Crippen LogP contribution is 2.29. The number of hydrogen-bond acceptors (Lipinski definition) is 4. The normalized spacial score (nSPS) is 10.6. The molecule has 0 aliphatic heterocycles. The molecule has 0 aliphatic rings. The summed E-state index contributed by atoms with van der Waals surface area (Å²) in [5, 5.41) is 5.02. The van der Waals surface area contributed by atoms with E-state index in [2.05, 4.69) is 17.6 Å². The van der Waals surface area contributed by atoms with E-state index in [0.29, 0.717) is 23.6 Å². The molecule has 0 bridgehead atoms. The van der Waals surface area contributed by atoms with Crippen LogP contribution in [0.15, 0.2) is 18.2 Å². The van der Waals surface area contributed by atoms with Crippen LogP contribution in [0.2, 0.25) is 0 Å². The van der Waals surface area contributed by atoms with E-state index >= 15 is 0 Å². The molecule has 182 valence electrons. The molecule has 1 aromatic rings. The molecule has 0 unspecified atom stereocenters. The summed E-state index contributed by atoms with van der Waals surface area (Å²) in [5.41, 5.74) is 0.532. The summed E-state index contributed by atoms with van der Waals surface area (Å²) >= 11 is 0. The van der Waals surface area contributed by atoms with Gasteiger partial charge in [0.1, 0.15) is 0 Å². The number of amides is 3. The topological polar surface area (TPSA) is 76.7 Å². The first-order chi connectivity index (χ1) is 15.6. The number of unbranched alkanes of at least 4 members (excludes halogenated alkanes) is 13. The van der Waals surface area contributed by atoms with Crippen molar-refractivity contribution in [2.45, 2.75) is 103 Å². The average molecular weight is 449 g/mol. The zero-order chi connectivity index (χ0) is 23.4. The number of methoxy groups -OCH3 is 2. The maximum absolute atomic E-state index is 12.0. The molecular weight excluding hydrogens is 404 g/mol. The molecule has 0 radical (unpaired) electrons. The minimum atomic E-state index is -0.535. The van der Waals surface area contributed by atoms with Crippen LogP contribution < -0.4 is 20.1 Å². The van der Waals surface area contributed by atoms with Crippen molar-refractivity contribution in [1.29, 1.82) is 0 Å². The Labute approximate surface area is 194 Å². The van der Waals surface area contributed by atoms with E-state index in [1.165, 1.54) is 77.7 Å². The Morgan fingerprint density at radius 2 is 1.22 bits per heavy atom. The van der Waals surface area contributed by atoms with Crippen LogP contribution in [0.25, 0.3) is 0 Å². The van der Waals surface area contributed by atoms with Gasteiger partial charge in [-0.1, -0.05) is 90.4 Å². The molecule has 32 heavy (non-hydrogen) atoms. The minimum Gasteiger partial charge on any atom is -0.493 e. The van der Waals surface area contributed by atoms with Gasteiger partial charge in [0.15, 0.2) is 11.5 Å². The number of carbonyl (C=O) groups excluding carboxylic acids is 2. The molecule has 6 nitrogen and oxygen atoms in total. The number of carbonyl (C=O) groups is 2. The Kier molecular flexibility index (Phi) is 15.9. The van der Waals surface area contributed by atoms with Crippen LogP contribution in [0, 0.1) is 0 Å². The van der Waals surface area contributed by atoms with Gasteiger partial charge in [-0.2, -0.15) is 0 Å². The standard InChI is InChI=1S/C26H44N2O4/c1-4-5-6-7-8-9-10-11-12-13-14-15-16-17-18-25(29)28-26(30)27-22-19-20-23(31-2)24(21-22)32-3/h19-21H,4-18H2,1-3H3,(H2,27,28,29,30). The fourth-order valence-electron chi connectivity index (χ4n) is 3.75. The highest BCUT2D eigenvalue weighted by atomic mass is 16.5. The summed E-state index contributed by atoms with van der Waals surface area (Å²) in [7, 11) is 3.08. The van der Waals surface area contributed by atoms with Crippen LogP contribution in [0.1, 0.15) is 103 Å². The zero-order valence-electron chi connectivity index (χ0n) is 20.5. The Morgan fingerprint density at radius 3 is 1.72 bits per heavy atom. The molecule has 0 saturated heterocycles. The summed E-state index contributed by atoms with van der Waals surface area (Å²) in [6.45, 7) is 2.26. The predicted octanol–water partition coefficient (Wildman–Crippen LogP) is 7.22. The molecular formula is C26H44N2O4. The minimum absolute atomic E-state index is 0.248. The first kappa shape index (κ1) is 27.8. The molecule has 0 aliphatic carbocycles. The highest BCUT2D eigenvalue weighted by molar-refractivity contribution is 6.01. The largest absolute Gasteiger partial charge is 0.493 e. The molecule has 2 N–H and O–H groups in total. The lowest BCUT2D eigenvalue weighted by atomic mass is 10.0. The van der Waals surface area contributed by atoms with Gasteiger partial charge in [0.25, 0.3) is 0 Å². The number of nitrogens with one attached hydrogen (secondary N) is 2. The van der Waals surface area contributed by atoms with Crippen LogP contribution in [0.3, 0.4) is 0 Å². The molecule has 6 heteroatoms. The Hall–Kier alpha value is -2.24. The van der Waals surface area contributed by atoms with Gasteiger partial charge >= 0.3 is 6.03 Å². The fourth-order valence-corrected chi connectivity index (χ4v) is 3.75. The van der Waals surface area contributed by atoms with Crippen molar-refractivity contribution in [1.82, 2.24) is 5.32 Å². The summed E-state index contributed by atoms with van der Waals surface area (Å²) in [6.07, 6.45) is 18.2. The summed E-state index contributed by atoms with van der Waals surface area (Å²) < 4.78 is 10.4. The van der Waals surface area contributed by atoms with Gasteiger partial charge in [0.2, 0.25) is 5.91 Å². The van der Waals surface area contributed by atoms with Crippen molar-refractivity contribution in [2.75, 3.05) is 19.5 Å². The van der Waals surface area contributed by atoms with E-state index in [1.807, 2.05) is 0 Å². The molecule has 1 aromatic carbocycles. The lowest BCUT2D eigenvalue weighted by molar-refractivity contribution is -0.120. The molecule has 1 rings (SSSR count). The lowest BCUT2D eigenvalue weighted by Gasteiger charge is -2.11.